The van der Waals surface area contributed by atoms with Crippen molar-refractivity contribution < 1.29 is 13.7 Å². The number of carbonyl (C=O) groups is 1. The van der Waals surface area contributed by atoms with Crippen LogP contribution in [0.2, 0.25) is 0 Å². The first-order valence-electron chi connectivity index (χ1n) is 11.3. The average molecular weight is 477 g/mol. The van der Waals surface area contributed by atoms with Gasteiger partial charge in [0.1, 0.15) is 12.1 Å². The number of likely N-dealkylation sites (tertiary alicyclic amines) is 1. The Labute approximate surface area is 200 Å². The van der Waals surface area contributed by atoms with Gasteiger partial charge in [-0.3, -0.25) is 9.36 Å². The number of carbonyl (C=O) groups excluding carboxylic acids is 1. The van der Waals surface area contributed by atoms with Crippen molar-refractivity contribution in [3.05, 3.63) is 72.4 Å². The summed E-state index contributed by atoms with van der Waals surface area (Å²) in [7, 11) is 0. The van der Waals surface area contributed by atoms with E-state index in [-0.39, 0.29) is 11.7 Å². The second kappa shape index (κ2) is 9.19. The molecule has 3 heterocycles. The van der Waals surface area contributed by atoms with Gasteiger partial charge in [0.2, 0.25) is 5.95 Å². The van der Waals surface area contributed by atoms with Crippen LogP contribution in [0.25, 0.3) is 28.0 Å². The topological polar surface area (TPSA) is 74.1 Å². The van der Waals surface area contributed by atoms with Crippen molar-refractivity contribution in [2.45, 2.75) is 24.7 Å². The molecule has 1 fully saturated rings. The number of fused-ring (bicyclic) bond motifs is 1. The van der Waals surface area contributed by atoms with Crippen LogP contribution in [0.3, 0.4) is 0 Å². The predicted molar refractivity (Wildman–Crippen MR) is 131 cm³/mol. The van der Waals surface area contributed by atoms with Gasteiger partial charge in [-0.05, 0) is 54.2 Å². The Balaban J connectivity index is 1.55. The van der Waals surface area contributed by atoms with E-state index in [1.54, 1.807) is 53.7 Å². The van der Waals surface area contributed by atoms with Gasteiger partial charge >= 0.3 is 0 Å². The van der Waals surface area contributed by atoms with Gasteiger partial charge < -0.3 is 9.45 Å². The lowest BCUT2D eigenvalue weighted by Crippen LogP contribution is -2.39. The molecule has 1 saturated heterocycles. The third kappa shape index (κ3) is 4.19. The summed E-state index contributed by atoms with van der Waals surface area (Å²) >= 11 is -1.24. The van der Waals surface area contributed by atoms with E-state index >= 15 is 0 Å². The molecule has 6 nitrogen and oxygen atoms in total. The normalized spacial score (nSPS) is 17.2. The summed E-state index contributed by atoms with van der Waals surface area (Å²) in [4.78, 5) is 24.7. The monoisotopic (exact) mass is 476 g/mol. The lowest BCUT2D eigenvalue weighted by atomic mass is 9.99. The fourth-order valence-electron chi connectivity index (χ4n) is 4.56. The van der Waals surface area contributed by atoms with Gasteiger partial charge in [0.25, 0.3) is 5.91 Å². The highest BCUT2D eigenvalue weighted by molar-refractivity contribution is 7.91. The summed E-state index contributed by atoms with van der Waals surface area (Å²) in [5, 5.41) is 0.783. The smallest absolute Gasteiger partial charge is 0.253 e. The van der Waals surface area contributed by atoms with Crippen LogP contribution in [0, 0.1) is 11.7 Å². The zero-order valence-corrected chi connectivity index (χ0v) is 19.9. The minimum absolute atomic E-state index is 0.00353. The maximum absolute atomic E-state index is 14.2. The summed E-state index contributed by atoms with van der Waals surface area (Å²) in [6.45, 7) is 3.68. The Hall–Kier alpha value is -3.23. The number of hydrogen-bond donors (Lipinski definition) is 0. The molecule has 174 valence electrons. The van der Waals surface area contributed by atoms with Gasteiger partial charge in [0, 0.05) is 42.2 Å². The maximum atomic E-state index is 14.2. The third-order valence-electron chi connectivity index (χ3n) is 6.31. The van der Waals surface area contributed by atoms with Crippen molar-refractivity contribution >= 4 is 28.0 Å². The number of benzene rings is 2. The third-order valence-corrected chi connectivity index (χ3v) is 7.25. The van der Waals surface area contributed by atoms with Crippen LogP contribution >= 0.6 is 0 Å². The van der Waals surface area contributed by atoms with E-state index in [0.29, 0.717) is 39.0 Å². The molecule has 5 rings (SSSR count). The molecule has 0 aliphatic carbocycles. The molecule has 1 aliphatic heterocycles. The number of aromatic nitrogens is 3. The molecule has 34 heavy (non-hydrogen) atoms. The number of piperidine rings is 1. The molecule has 4 aromatic rings. The molecule has 2 unspecified atom stereocenters. The minimum Gasteiger partial charge on any atom is -0.612 e. The SMILES string of the molecule is CC1CCCN(C(=O)c2ccc3c([S+](C)[O-])cn(-c4ncc(-c5ccccc5F)cn4)c3c2)C1. The highest BCUT2D eigenvalue weighted by atomic mass is 32.2. The van der Waals surface area contributed by atoms with Gasteiger partial charge in [0.05, 0.1) is 17.1 Å². The van der Waals surface area contributed by atoms with E-state index < -0.39 is 11.2 Å². The fourth-order valence-corrected chi connectivity index (χ4v) is 5.30. The molecule has 0 spiro atoms. The predicted octanol–water partition coefficient (Wildman–Crippen LogP) is 4.84. The second-order valence-corrected chi connectivity index (χ2v) is 10.1. The summed E-state index contributed by atoms with van der Waals surface area (Å²) in [6, 6.07) is 11.9. The molecular formula is C26H25FN4O2S. The molecule has 0 saturated carbocycles. The van der Waals surface area contributed by atoms with Crippen LogP contribution in [0.1, 0.15) is 30.1 Å². The van der Waals surface area contributed by atoms with E-state index in [2.05, 4.69) is 16.9 Å². The first kappa shape index (κ1) is 22.6. The number of nitrogens with zero attached hydrogens (tertiary/aromatic N) is 4. The van der Waals surface area contributed by atoms with Gasteiger partial charge in [-0.15, -0.1) is 0 Å². The lowest BCUT2D eigenvalue weighted by molar-refractivity contribution is 0.0683. The molecular weight excluding hydrogens is 451 g/mol. The Bertz CT molecular complexity index is 1350. The van der Waals surface area contributed by atoms with E-state index in [1.165, 1.54) is 6.07 Å². The number of amides is 1. The largest absolute Gasteiger partial charge is 0.612 e. The van der Waals surface area contributed by atoms with E-state index in [1.807, 2.05) is 17.0 Å². The molecule has 8 heteroatoms. The lowest BCUT2D eigenvalue weighted by Gasteiger charge is -2.31. The number of halogens is 1. The molecule has 2 aromatic heterocycles. The van der Waals surface area contributed by atoms with Gasteiger partial charge in [-0.25, -0.2) is 14.4 Å². The van der Waals surface area contributed by atoms with Crippen LogP contribution in [-0.4, -0.2) is 49.2 Å². The Morgan fingerprint density at radius 1 is 1.18 bits per heavy atom. The zero-order chi connectivity index (χ0) is 23.8. The van der Waals surface area contributed by atoms with Crippen LogP contribution in [-0.2, 0) is 11.2 Å². The van der Waals surface area contributed by atoms with Crippen molar-refractivity contribution in [3.63, 3.8) is 0 Å². The number of hydrogen-bond acceptors (Lipinski definition) is 4. The summed E-state index contributed by atoms with van der Waals surface area (Å²) < 4.78 is 28.3. The Kier molecular flexibility index (Phi) is 6.10. The van der Waals surface area contributed by atoms with E-state index in [9.17, 15) is 13.7 Å². The summed E-state index contributed by atoms with van der Waals surface area (Å²) in [6.07, 6.45) is 8.65. The maximum Gasteiger partial charge on any atom is 0.253 e. The minimum atomic E-state index is -1.24. The summed E-state index contributed by atoms with van der Waals surface area (Å²) in [5.74, 6) is 0.499. The number of rotatable bonds is 4. The second-order valence-electron chi connectivity index (χ2n) is 8.80. The highest BCUT2D eigenvalue weighted by Gasteiger charge is 2.24. The van der Waals surface area contributed by atoms with Crippen molar-refractivity contribution in [2.24, 2.45) is 5.92 Å². The van der Waals surface area contributed by atoms with Crippen molar-refractivity contribution in [1.29, 1.82) is 0 Å². The van der Waals surface area contributed by atoms with E-state index in [4.69, 9.17) is 0 Å². The molecule has 0 N–H and O–H groups in total. The van der Waals surface area contributed by atoms with Crippen molar-refractivity contribution in [3.8, 4) is 17.1 Å². The van der Waals surface area contributed by atoms with Crippen molar-refractivity contribution in [1.82, 2.24) is 19.4 Å². The fraction of sp³-hybridized carbons (Fsp3) is 0.269. The van der Waals surface area contributed by atoms with Gasteiger partial charge in [-0.2, -0.15) is 0 Å². The quantitative estimate of drug-likeness (QED) is 0.395. The summed E-state index contributed by atoms with van der Waals surface area (Å²) in [5.41, 5.74) is 2.27. The van der Waals surface area contributed by atoms with Gasteiger partial charge in [0.15, 0.2) is 4.90 Å². The molecule has 0 radical (unpaired) electrons. The van der Waals surface area contributed by atoms with Crippen LogP contribution in [0.5, 0.6) is 0 Å². The molecule has 1 aliphatic rings. The standard InChI is InChI=1S/C26H25FN4O2S/c1-17-6-5-11-30(15-17)25(32)18-9-10-21-23(12-18)31(16-24(21)34(2)33)26-28-13-19(14-29-26)20-7-3-4-8-22(20)27/h3-4,7-10,12-14,16-17H,5-6,11,15H2,1-2H3. The Morgan fingerprint density at radius 2 is 1.94 bits per heavy atom. The average Bonchev–Trinajstić information content (AvgIpc) is 3.23. The highest BCUT2D eigenvalue weighted by Crippen LogP contribution is 2.30. The van der Waals surface area contributed by atoms with Gasteiger partial charge in [-0.1, -0.05) is 25.1 Å². The molecule has 0 bridgehead atoms. The zero-order valence-electron chi connectivity index (χ0n) is 19.1. The first-order chi connectivity index (χ1) is 16.4. The van der Waals surface area contributed by atoms with Crippen molar-refractivity contribution in [2.75, 3.05) is 19.3 Å². The van der Waals surface area contributed by atoms with E-state index in [0.717, 1.165) is 31.3 Å². The molecule has 1 amide bonds. The van der Waals surface area contributed by atoms with Crippen LogP contribution in [0.4, 0.5) is 4.39 Å². The van der Waals surface area contributed by atoms with Crippen LogP contribution in [0.15, 0.2) is 66.0 Å². The van der Waals surface area contributed by atoms with Crippen LogP contribution < -0.4 is 0 Å². The molecule has 2 atom stereocenters. The first-order valence-corrected chi connectivity index (χ1v) is 12.8. The Morgan fingerprint density at radius 3 is 2.65 bits per heavy atom. The molecule has 2 aromatic carbocycles.